The lowest BCUT2D eigenvalue weighted by atomic mass is 9.74. The largest absolute Gasteiger partial charge is 0.295 e. The van der Waals surface area contributed by atoms with E-state index in [-0.39, 0.29) is 5.41 Å². The highest BCUT2D eigenvalue weighted by Gasteiger charge is 2.27. The molecule has 0 saturated heterocycles. The van der Waals surface area contributed by atoms with Crippen LogP contribution in [0, 0.1) is 12.8 Å². The van der Waals surface area contributed by atoms with Gasteiger partial charge in [-0.05, 0) is 86.1 Å². The minimum Gasteiger partial charge on any atom is -0.295 e. The highest BCUT2D eigenvalue weighted by atomic mass is 15.2. The summed E-state index contributed by atoms with van der Waals surface area (Å²) in [4.78, 5) is 6.95. The molecule has 0 bridgehead atoms. The summed E-state index contributed by atoms with van der Waals surface area (Å²) in [6, 6.07) is 23.5. The number of pyridine rings is 1. The third-order valence-corrected chi connectivity index (χ3v) is 7.98. The maximum absolute atomic E-state index is 4.73. The molecule has 1 unspecified atom stereocenters. The fourth-order valence-corrected chi connectivity index (χ4v) is 5.48. The van der Waals surface area contributed by atoms with Gasteiger partial charge in [0, 0.05) is 22.9 Å². The summed E-state index contributed by atoms with van der Waals surface area (Å²) >= 11 is 0. The first-order valence-electron chi connectivity index (χ1n) is 13.2. The molecule has 0 N–H and O–H groups in total. The molecule has 0 spiro atoms. The molecule has 2 aromatic carbocycles. The molecule has 2 heteroatoms. The topological polar surface area (TPSA) is 16.1 Å². The van der Waals surface area contributed by atoms with E-state index in [2.05, 4.69) is 127 Å². The quantitative estimate of drug-likeness (QED) is 0.308. The van der Waals surface area contributed by atoms with Gasteiger partial charge in [0.05, 0.1) is 5.70 Å². The second-order valence-electron chi connectivity index (χ2n) is 10.9. The van der Waals surface area contributed by atoms with Crippen LogP contribution in [-0.4, -0.2) is 4.98 Å². The van der Waals surface area contributed by atoms with E-state index in [0.717, 1.165) is 23.6 Å². The van der Waals surface area contributed by atoms with Crippen molar-refractivity contribution in [3.05, 3.63) is 136 Å². The Bertz CT molecular complexity index is 1390. The molecule has 1 heterocycles. The maximum Gasteiger partial charge on any atom is 0.137 e. The molecule has 0 radical (unpaired) electrons. The molecule has 2 nitrogen and oxygen atoms in total. The SMILES string of the molecule is C=C(/C=C(C)\C(C)=C(/C)C(C)(C)c1ccccc1C)N(C1=CC(C)Cc2ccccc21)c1ccccn1. The van der Waals surface area contributed by atoms with Gasteiger partial charge >= 0.3 is 0 Å². The third-order valence-electron chi connectivity index (χ3n) is 7.98. The van der Waals surface area contributed by atoms with Gasteiger partial charge in [-0.3, -0.25) is 4.90 Å². The molecule has 1 aliphatic rings. The Morgan fingerprint density at radius 3 is 2.35 bits per heavy atom. The van der Waals surface area contributed by atoms with Gasteiger partial charge in [-0.1, -0.05) is 93.6 Å². The zero-order valence-corrected chi connectivity index (χ0v) is 23.5. The van der Waals surface area contributed by atoms with E-state index in [0.29, 0.717) is 5.92 Å². The van der Waals surface area contributed by atoms with E-state index < -0.39 is 0 Å². The van der Waals surface area contributed by atoms with Crippen molar-refractivity contribution in [1.82, 2.24) is 4.98 Å². The van der Waals surface area contributed by atoms with Crippen LogP contribution in [0.1, 0.15) is 63.8 Å². The highest BCUT2D eigenvalue weighted by molar-refractivity contribution is 5.84. The number of allylic oxidation sites excluding steroid dienone is 5. The van der Waals surface area contributed by atoms with Gasteiger partial charge in [-0.2, -0.15) is 0 Å². The smallest absolute Gasteiger partial charge is 0.137 e. The molecular formula is C35H40N2. The summed E-state index contributed by atoms with van der Waals surface area (Å²) in [7, 11) is 0. The van der Waals surface area contributed by atoms with E-state index in [9.17, 15) is 0 Å². The van der Waals surface area contributed by atoms with Crippen LogP contribution in [0.25, 0.3) is 5.70 Å². The second kappa shape index (κ2) is 10.8. The number of rotatable bonds is 7. The molecule has 190 valence electrons. The number of nitrogens with zero attached hydrogens (tertiary/aromatic N) is 2. The first-order valence-corrected chi connectivity index (χ1v) is 13.2. The van der Waals surface area contributed by atoms with Crippen LogP contribution in [0.15, 0.2) is 114 Å². The van der Waals surface area contributed by atoms with Gasteiger partial charge in [-0.15, -0.1) is 0 Å². The van der Waals surface area contributed by atoms with Gasteiger partial charge in [0.1, 0.15) is 5.82 Å². The Hall–Kier alpha value is -3.65. The molecule has 37 heavy (non-hydrogen) atoms. The number of benzene rings is 2. The summed E-state index contributed by atoms with van der Waals surface area (Å²) in [6.45, 7) is 20.4. The van der Waals surface area contributed by atoms with E-state index in [1.165, 1.54) is 39.0 Å². The lowest BCUT2D eigenvalue weighted by Crippen LogP contribution is -2.24. The van der Waals surface area contributed by atoms with Crippen LogP contribution >= 0.6 is 0 Å². The number of fused-ring (bicyclic) bond motifs is 1. The number of hydrogen-bond acceptors (Lipinski definition) is 2. The van der Waals surface area contributed by atoms with Crippen LogP contribution in [0.3, 0.4) is 0 Å². The third kappa shape index (κ3) is 5.39. The van der Waals surface area contributed by atoms with Crippen molar-refractivity contribution >= 4 is 11.5 Å². The van der Waals surface area contributed by atoms with Crippen LogP contribution < -0.4 is 4.90 Å². The predicted molar refractivity (Wildman–Crippen MR) is 159 cm³/mol. The molecule has 0 aliphatic heterocycles. The lowest BCUT2D eigenvalue weighted by Gasteiger charge is -2.33. The maximum atomic E-state index is 4.73. The monoisotopic (exact) mass is 488 g/mol. The van der Waals surface area contributed by atoms with Gasteiger partial charge in [0.25, 0.3) is 0 Å². The van der Waals surface area contributed by atoms with Crippen LogP contribution in [0.4, 0.5) is 5.82 Å². The average molecular weight is 489 g/mol. The summed E-state index contributed by atoms with van der Waals surface area (Å²) < 4.78 is 0. The van der Waals surface area contributed by atoms with Crippen molar-refractivity contribution in [2.75, 3.05) is 4.90 Å². The summed E-state index contributed by atoms with van der Waals surface area (Å²) in [5.41, 5.74) is 11.2. The molecular weight excluding hydrogens is 448 g/mol. The Kier molecular flexibility index (Phi) is 7.68. The second-order valence-corrected chi connectivity index (χ2v) is 10.9. The van der Waals surface area contributed by atoms with Gasteiger partial charge in [-0.25, -0.2) is 4.98 Å². The average Bonchev–Trinajstić information content (AvgIpc) is 2.88. The van der Waals surface area contributed by atoms with Crippen molar-refractivity contribution < 1.29 is 0 Å². The minimum atomic E-state index is -0.0766. The Morgan fingerprint density at radius 2 is 1.65 bits per heavy atom. The fourth-order valence-electron chi connectivity index (χ4n) is 5.48. The van der Waals surface area contributed by atoms with Crippen molar-refractivity contribution in [3.8, 4) is 0 Å². The molecule has 4 rings (SSSR count). The normalized spacial score (nSPS) is 16.5. The van der Waals surface area contributed by atoms with E-state index >= 15 is 0 Å². The standard InChI is InChI=1S/C35H40N2/c1-24-21-30-16-10-11-17-31(30)33(22-24)37(34-19-13-14-20-36-34)27(4)23-26(3)28(5)29(6)35(7,8)32-18-12-9-15-25(32)2/h9-20,22-24H,4,21H2,1-3,5-8H3/b26-23-,29-28+. The van der Waals surface area contributed by atoms with E-state index in [1.807, 2.05) is 18.3 Å². The van der Waals surface area contributed by atoms with E-state index in [1.54, 1.807) is 0 Å². The van der Waals surface area contributed by atoms with Crippen LogP contribution in [-0.2, 0) is 11.8 Å². The zero-order chi connectivity index (χ0) is 26.7. The van der Waals surface area contributed by atoms with E-state index in [4.69, 9.17) is 4.98 Å². The van der Waals surface area contributed by atoms with Gasteiger partial charge in [0.2, 0.25) is 0 Å². The highest BCUT2D eigenvalue weighted by Crippen LogP contribution is 2.39. The van der Waals surface area contributed by atoms with Crippen LogP contribution in [0.2, 0.25) is 0 Å². The molecule has 1 aromatic heterocycles. The number of anilines is 1. The molecule has 1 aliphatic carbocycles. The molecule has 0 fully saturated rings. The Balaban J connectivity index is 1.77. The van der Waals surface area contributed by atoms with Crippen LogP contribution in [0.5, 0.6) is 0 Å². The zero-order valence-electron chi connectivity index (χ0n) is 23.5. The summed E-state index contributed by atoms with van der Waals surface area (Å²) in [5.74, 6) is 1.32. The first kappa shape index (κ1) is 26.4. The molecule has 1 atom stereocenters. The number of aryl methyl sites for hydroxylation is 1. The van der Waals surface area contributed by atoms with Crippen molar-refractivity contribution in [2.24, 2.45) is 5.92 Å². The summed E-state index contributed by atoms with van der Waals surface area (Å²) in [5, 5.41) is 0. The van der Waals surface area contributed by atoms with Gasteiger partial charge in [0.15, 0.2) is 0 Å². The minimum absolute atomic E-state index is 0.0766. The van der Waals surface area contributed by atoms with Crippen molar-refractivity contribution in [1.29, 1.82) is 0 Å². The number of aromatic nitrogens is 1. The first-order chi connectivity index (χ1) is 17.6. The molecule has 0 amide bonds. The number of hydrogen-bond donors (Lipinski definition) is 0. The fraction of sp³-hybridized carbons (Fsp3) is 0.286. The molecule has 0 saturated carbocycles. The molecule has 3 aromatic rings. The lowest BCUT2D eigenvalue weighted by molar-refractivity contribution is 0.612. The van der Waals surface area contributed by atoms with Gasteiger partial charge < -0.3 is 0 Å². The van der Waals surface area contributed by atoms with Crippen molar-refractivity contribution in [3.63, 3.8) is 0 Å². The van der Waals surface area contributed by atoms with Crippen molar-refractivity contribution in [2.45, 2.75) is 60.3 Å². The Labute approximate surface area is 223 Å². The Morgan fingerprint density at radius 1 is 0.973 bits per heavy atom. The summed E-state index contributed by atoms with van der Waals surface area (Å²) in [6.07, 6.45) is 7.47. The predicted octanol–water partition coefficient (Wildman–Crippen LogP) is 9.20.